The minimum Gasteiger partial charge on any atom is -0.383 e. The van der Waals surface area contributed by atoms with Crippen LogP contribution in [0.3, 0.4) is 0 Å². The van der Waals surface area contributed by atoms with Crippen molar-refractivity contribution >= 4 is 29.2 Å². The summed E-state index contributed by atoms with van der Waals surface area (Å²) in [5.74, 6) is -0.181. The fourth-order valence-electron chi connectivity index (χ4n) is 2.57. The van der Waals surface area contributed by atoms with E-state index in [1.807, 2.05) is 19.9 Å². The number of nitrogens with one attached hydrogen (secondary N) is 1. The minimum atomic E-state index is -0.699. The van der Waals surface area contributed by atoms with Crippen molar-refractivity contribution in [2.75, 3.05) is 36.6 Å². The fraction of sp³-hybridized carbons (Fsp3) is 0.444. The van der Waals surface area contributed by atoms with Crippen LogP contribution in [0, 0.1) is 5.92 Å². The molecular weight excluding hydrogens is 382 g/mol. The third-order valence-corrected chi connectivity index (χ3v) is 4.76. The van der Waals surface area contributed by atoms with Crippen LogP contribution in [0.1, 0.15) is 13.8 Å². The highest BCUT2D eigenvalue weighted by atomic mass is 32.2. The summed E-state index contributed by atoms with van der Waals surface area (Å²) in [6.07, 6.45) is 1.64. The van der Waals surface area contributed by atoms with Gasteiger partial charge in [0.05, 0.1) is 17.4 Å². The number of amides is 1. The van der Waals surface area contributed by atoms with Crippen LogP contribution in [0.25, 0.3) is 0 Å². The van der Waals surface area contributed by atoms with E-state index in [0.29, 0.717) is 11.6 Å². The van der Waals surface area contributed by atoms with Crippen LogP contribution in [0.4, 0.5) is 11.5 Å². The SMILES string of the molecule is COCCN(C(=O)CSc1ccccn1)c1c(N)n(CC(C)C)c(=O)[nH]c1=O. The molecule has 2 aromatic rings. The number of aromatic nitrogens is 3. The van der Waals surface area contributed by atoms with E-state index in [9.17, 15) is 14.4 Å². The molecule has 1 amide bonds. The van der Waals surface area contributed by atoms with Crippen LogP contribution in [0.15, 0.2) is 39.0 Å². The number of hydrogen-bond acceptors (Lipinski definition) is 7. The van der Waals surface area contributed by atoms with E-state index < -0.39 is 11.2 Å². The first-order chi connectivity index (χ1) is 13.3. The number of pyridine rings is 1. The van der Waals surface area contributed by atoms with Crippen molar-refractivity contribution < 1.29 is 9.53 Å². The second-order valence-corrected chi connectivity index (χ2v) is 7.49. The van der Waals surface area contributed by atoms with Gasteiger partial charge in [0.2, 0.25) is 5.91 Å². The minimum absolute atomic E-state index is 0.0326. The first kappa shape index (κ1) is 21.7. The molecule has 2 heterocycles. The molecule has 0 spiro atoms. The molecule has 0 unspecified atom stereocenters. The highest BCUT2D eigenvalue weighted by molar-refractivity contribution is 7.99. The smallest absolute Gasteiger partial charge is 0.330 e. The zero-order valence-corrected chi connectivity index (χ0v) is 17.0. The number of carbonyl (C=O) groups excluding carboxylic acids is 1. The first-order valence-electron chi connectivity index (χ1n) is 8.80. The van der Waals surface area contributed by atoms with Gasteiger partial charge in [-0.15, -0.1) is 0 Å². The van der Waals surface area contributed by atoms with Gasteiger partial charge in [-0.1, -0.05) is 31.7 Å². The van der Waals surface area contributed by atoms with Gasteiger partial charge in [-0.3, -0.25) is 19.1 Å². The summed E-state index contributed by atoms with van der Waals surface area (Å²) in [4.78, 5) is 45.2. The molecule has 3 N–H and O–H groups in total. The van der Waals surface area contributed by atoms with Crippen molar-refractivity contribution in [2.45, 2.75) is 25.4 Å². The average molecular weight is 407 g/mol. The molecule has 28 heavy (non-hydrogen) atoms. The summed E-state index contributed by atoms with van der Waals surface area (Å²) >= 11 is 1.25. The Morgan fingerprint density at radius 2 is 2.14 bits per heavy atom. The van der Waals surface area contributed by atoms with E-state index in [2.05, 4.69) is 9.97 Å². The van der Waals surface area contributed by atoms with E-state index >= 15 is 0 Å². The van der Waals surface area contributed by atoms with Gasteiger partial charge in [0, 0.05) is 26.4 Å². The Labute approximate surface area is 166 Å². The summed E-state index contributed by atoms with van der Waals surface area (Å²) in [7, 11) is 1.50. The van der Waals surface area contributed by atoms with Gasteiger partial charge in [-0.05, 0) is 18.1 Å². The summed E-state index contributed by atoms with van der Waals surface area (Å²) in [5, 5.41) is 0.689. The molecule has 10 heteroatoms. The van der Waals surface area contributed by atoms with Crippen LogP contribution < -0.4 is 21.9 Å². The molecule has 152 valence electrons. The molecule has 0 saturated heterocycles. The maximum Gasteiger partial charge on any atom is 0.330 e. The van der Waals surface area contributed by atoms with Gasteiger partial charge in [0.25, 0.3) is 5.56 Å². The predicted octanol–water partition coefficient (Wildman–Crippen LogP) is 0.941. The number of H-pyrrole nitrogens is 1. The number of carbonyl (C=O) groups is 1. The highest BCUT2D eigenvalue weighted by Gasteiger charge is 2.24. The standard InChI is InChI=1S/C18H25N5O4S/c1-12(2)10-23-16(19)15(17(25)21-18(23)26)22(8-9-27-3)14(24)11-28-13-6-4-5-7-20-13/h4-7,12H,8-11,19H2,1-3H3,(H,21,25,26). The largest absolute Gasteiger partial charge is 0.383 e. The summed E-state index contributed by atoms with van der Waals surface area (Å²) in [5.41, 5.74) is 4.81. The van der Waals surface area contributed by atoms with Crippen LogP contribution in [0.5, 0.6) is 0 Å². The lowest BCUT2D eigenvalue weighted by Crippen LogP contribution is -2.43. The van der Waals surface area contributed by atoms with Gasteiger partial charge >= 0.3 is 5.69 Å². The van der Waals surface area contributed by atoms with Crippen LogP contribution in [-0.2, 0) is 16.1 Å². The number of rotatable bonds is 9. The number of aromatic amines is 1. The number of nitrogens with zero attached hydrogens (tertiary/aromatic N) is 3. The quantitative estimate of drug-likeness (QED) is 0.593. The Bertz CT molecular complexity index is 910. The molecule has 2 aromatic heterocycles. The number of anilines is 2. The lowest BCUT2D eigenvalue weighted by molar-refractivity contribution is -0.116. The molecule has 0 aliphatic rings. The van der Waals surface area contributed by atoms with Gasteiger partial charge < -0.3 is 15.4 Å². The van der Waals surface area contributed by atoms with Crippen LogP contribution in [0.2, 0.25) is 0 Å². The third kappa shape index (κ3) is 5.46. The molecule has 0 bridgehead atoms. The van der Waals surface area contributed by atoms with E-state index in [4.69, 9.17) is 10.5 Å². The maximum atomic E-state index is 12.9. The zero-order chi connectivity index (χ0) is 20.7. The van der Waals surface area contributed by atoms with E-state index in [0.717, 1.165) is 0 Å². The molecular formula is C18H25N5O4S. The van der Waals surface area contributed by atoms with Crippen molar-refractivity contribution in [3.8, 4) is 0 Å². The lowest BCUT2D eigenvalue weighted by Gasteiger charge is -2.24. The lowest BCUT2D eigenvalue weighted by atomic mass is 10.2. The monoisotopic (exact) mass is 407 g/mol. The average Bonchev–Trinajstić information content (AvgIpc) is 2.66. The fourth-order valence-corrected chi connectivity index (χ4v) is 3.31. The van der Waals surface area contributed by atoms with E-state index in [-0.39, 0.29) is 42.2 Å². The highest BCUT2D eigenvalue weighted by Crippen LogP contribution is 2.21. The molecule has 0 atom stereocenters. The number of nitrogen functional groups attached to an aromatic ring is 1. The van der Waals surface area contributed by atoms with Gasteiger partial charge in [0.1, 0.15) is 5.82 Å². The van der Waals surface area contributed by atoms with Crippen molar-refractivity contribution in [1.82, 2.24) is 14.5 Å². The molecule has 0 aliphatic heterocycles. The summed E-state index contributed by atoms with van der Waals surface area (Å²) < 4.78 is 6.35. The van der Waals surface area contributed by atoms with E-state index in [1.54, 1.807) is 18.3 Å². The van der Waals surface area contributed by atoms with Gasteiger partial charge in [-0.25, -0.2) is 9.78 Å². The number of nitrogens with two attached hydrogens (primary N) is 1. The Morgan fingerprint density at radius 1 is 1.39 bits per heavy atom. The molecule has 0 fully saturated rings. The summed E-state index contributed by atoms with van der Waals surface area (Å²) in [6.45, 7) is 4.51. The Morgan fingerprint density at radius 3 is 2.75 bits per heavy atom. The topological polar surface area (TPSA) is 123 Å². The predicted molar refractivity (Wildman–Crippen MR) is 110 cm³/mol. The van der Waals surface area contributed by atoms with E-state index in [1.165, 1.54) is 28.3 Å². The van der Waals surface area contributed by atoms with Crippen molar-refractivity contribution in [3.05, 3.63) is 45.2 Å². The van der Waals surface area contributed by atoms with Crippen LogP contribution in [-0.4, -0.2) is 46.5 Å². The third-order valence-electron chi connectivity index (χ3n) is 3.83. The molecule has 0 aromatic carbocycles. The van der Waals surface area contributed by atoms with Gasteiger partial charge in [0.15, 0.2) is 5.69 Å². The molecule has 0 saturated carbocycles. The Hall–Kier alpha value is -2.59. The van der Waals surface area contributed by atoms with Crippen molar-refractivity contribution in [3.63, 3.8) is 0 Å². The number of ether oxygens (including phenoxy) is 1. The molecule has 9 nitrogen and oxygen atoms in total. The maximum absolute atomic E-state index is 12.9. The molecule has 0 radical (unpaired) electrons. The first-order valence-corrected chi connectivity index (χ1v) is 9.79. The van der Waals surface area contributed by atoms with Crippen molar-refractivity contribution in [1.29, 1.82) is 0 Å². The second-order valence-electron chi connectivity index (χ2n) is 6.49. The normalized spacial score (nSPS) is 11.0. The number of methoxy groups -OCH3 is 1. The van der Waals surface area contributed by atoms with Crippen molar-refractivity contribution in [2.24, 2.45) is 5.92 Å². The second kappa shape index (κ2) is 10.1. The Balaban J connectivity index is 2.37. The molecule has 0 aliphatic carbocycles. The molecule has 2 rings (SSSR count). The van der Waals surface area contributed by atoms with Crippen LogP contribution >= 0.6 is 11.8 Å². The number of hydrogen-bond donors (Lipinski definition) is 2. The zero-order valence-electron chi connectivity index (χ0n) is 16.2. The van der Waals surface area contributed by atoms with Gasteiger partial charge in [-0.2, -0.15) is 0 Å². The summed E-state index contributed by atoms with van der Waals surface area (Å²) in [6, 6.07) is 5.41. The number of thioether (sulfide) groups is 1. The Kier molecular flexibility index (Phi) is 7.82.